The Hall–Kier alpha value is -2.83. The van der Waals surface area contributed by atoms with Crippen molar-refractivity contribution in [2.24, 2.45) is 0 Å². The quantitative estimate of drug-likeness (QED) is 0.728. The number of hydrogen-bond acceptors (Lipinski definition) is 5. The van der Waals surface area contributed by atoms with Gasteiger partial charge in [0.25, 0.3) is 0 Å². The van der Waals surface area contributed by atoms with Crippen molar-refractivity contribution in [2.45, 2.75) is 65.7 Å². The van der Waals surface area contributed by atoms with Crippen molar-refractivity contribution in [3.05, 3.63) is 47.3 Å². The fourth-order valence-electron chi connectivity index (χ4n) is 3.43. The SMILES string of the molecule is Cc1cc(C)n(-c2ccc(COC(=O)C3CCCN3C(=O)OC(C)(C)C)cc2)n1. The van der Waals surface area contributed by atoms with Crippen molar-refractivity contribution in [3.63, 3.8) is 0 Å². The van der Waals surface area contributed by atoms with Gasteiger partial charge >= 0.3 is 12.1 Å². The van der Waals surface area contributed by atoms with Crippen LogP contribution >= 0.6 is 0 Å². The Bertz CT molecular complexity index is 880. The standard InChI is InChI=1S/C22H29N3O4/c1-15-13-16(2)25(23-15)18-10-8-17(9-11-18)14-28-20(26)19-7-6-12-24(19)21(27)29-22(3,4)5/h8-11,13,19H,6-7,12,14H2,1-5H3. The first-order valence-electron chi connectivity index (χ1n) is 9.93. The predicted molar refractivity (Wildman–Crippen MR) is 109 cm³/mol. The Morgan fingerprint density at radius 2 is 1.86 bits per heavy atom. The van der Waals surface area contributed by atoms with E-state index < -0.39 is 23.7 Å². The number of carbonyl (C=O) groups is 2. The van der Waals surface area contributed by atoms with Crippen LogP contribution in [0.3, 0.4) is 0 Å². The summed E-state index contributed by atoms with van der Waals surface area (Å²) in [6.45, 7) is 10.1. The van der Waals surface area contributed by atoms with Crippen LogP contribution in [0.5, 0.6) is 0 Å². The number of esters is 1. The Kier molecular flexibility index (Phi) is 5.96. The molecule has 7 nitrogen and oxygen atoms in total. The van der Waals surface area contributed by atoms with Crippen molar-refractivity contribution in [2.75, 3.05) is 6.54 Å². The van der Waals surface area contributed by atoms with Crippen LogP contribution in [-0.4, -0.2) is 44.9 Å². The molecular formula is C22H29N3O4. The molecule has 1 aromatic carbocycles. The van der Waals surface area contributed by atoms with E-state index >= 15 is 0 Å². The molecule has 1 amide bonds. The zero-order valence-electron chi connectivity index (χ0n) is 17.8. The van der Waals surface area contributed by atoms with Crippen LogP contribution in [-0.2, 0) is 20.9 Å². The third-order valence-corrected chi connectivity index (χ3v) is 4.72. The molecule has 156 valence electrons. The molecule has 2 aromatic rings. The molecular weight excluding hydrogens is 370 g/mol. The summed E-state index contributed by atoms with van der Waals surface area (Å²) < 4.78 is 12.8. The lowest BCUT2D eigenvalue weighted by Crippen LogP contribution is -2.44. The Morgan fingerprint density at radius 3 is 2.45 bits per heavy atom. The van der Waals surface area contributed by atoms with Crippen LogP contribution in [0, 0.1) is 13.8 Å². The summed E-state index contributed by atoms with van der Waals surface area (Å²) in [6, 6.07) is 9.17. The minimum absolute atomic E-state index is 0.162. The molecule has 0 N–H and O–H groups in total. The monoisotopic (exact) mass is 399 g/mol. The number of likely N-dealkylation sites (tertiary alicyclic amines) is 1. The van der Waals surface area contributed by atoms with Gasteiger partial charge in [0.15, 0.2) is 0 Å². The van der Waals surface area contributed by atoms with E-state index in [1.54, 1.807) is 0 Å². The molecule has 2 heterocycles. The zero-order chi connectivity index (χ0) is 21.2. The first kappa shape index (κ1) is 20.9. The molecule has 0 radical (unpaired) electrons. The van der Waals surface area contributed by atoms with Crippen LogP contribution in [0.2, 0.25) is 0 Å². The van der Waals surface area contributed by atoms with Gasteiger partial charge in [-0.25, -0.2) is 14.3 Å². The summed E-state index contributed by atoms with van der Waals surface area (Å²) in [5.74, 6) is -0.393. The highest BCUT2D eigenvalue weighted by molar-refractivity contribution is 5.82. The second-order valence-electron chi connectivity index (χ2n) is 8.44. The number of amides is 1. The van der Waals surface area contributed by atoms with E-state index in [1.807, 2.05) is 69.6 Å². The van der Waals surface area contributed by atoms with Crippen molar-refractivity contribution in [1.29, 1.82) is 0 Å². The largest absolute Gasteiger partial charge is 0.459 e. The molecule has 1 aliphatic heterocycles. The maximum atomic E-state index is 12.5. The average Bonchev–Trinajstić information content (AvgIpc) is 3.25. The van der Waals surface area contributed by atoms with E-state index in [0.717, 1.165) is 29.1 Å². The van der Waals surface area contributed by atoms with Gasteiger partial charge in [0, 0.05) is 12.2 Å². The van der Waals surface area contributed by atoms with Gasteiger partial charge in [-0.1, -0.05) is 12.1 Å². The van der Waals surface area contributed by atoms with Gasteiger partial charge < -0.3 is 9.47 Å². The van der Waals surface area contributed by atoms with Crippen LogP contribution in [0.15, 0.2) is 30.3 Å². The van der Waals surface area contributed by atoms with Crippen LogP contribution in [0.1, 0.15) is 50.6 Å². The summed E-state index contributed by atoms with van der Waals surface area (Å²) >= 11 is 0. The van der Waals surface area contributed by atoms with Gasteiger partial charge in [0.05, 0.1) is 11.4 Å². The van der Waals surface area contributed by atoms with E-state index in [2.05, 4.69) is 5.10 Å². The number of nitrogens with zero attached hydrogens (tertiary/aromatic N) is 3. The summed E-state index contributed by atoms with van der Waals surface area (Å²) in [4.78, 5) is 26.4. The molecule has 7 heteroatoms. The first-order chi connectivity index (χ1) is 13.6. The molecule has 29 heavy (non-hydrogen) atoms. The molecule has 1 aliphatic rings. The molecule has 3 rings (SSSR count). The zero-order valence-corrected chi connectivity index (χ0v) is 17.8. The fraction of sp³-hybridized carbons (Fsp3) is 0.500. The number of aryl methyl sites for hydroxylation is 2. The van der Waals surface area contributed by atoms with Gasteiger partial charge in [0.2, 0.25) is 0 Å². The van der Waals surface area contributed by atoms with Crippen LogP contribution < -0.4 is 0 Å². The number of benzene rings is 1. The molecule has 1 aromatic heterocycles. The second kappa shape index (κ2) is 8.27. The van der Waals surface area contributed by atoms with E-state index in [4.69, 9.17) is 9.47 Å². The average molecular weight is 399 g/mol. The highest BCUT2D eigenvalue weighted by Crippen LogP contribution is 2.22. The molecule has 0 saturated carbocycles. The van der Waals surface area contributed by atoms with Gasteiger partial charge in [-0.3, -0.25) is 4.90 Å². The summed E-state index contributed by atoms with van der Waals surface area (Å²) in [5, 5.41) is 4.47. The van der Waals surface area contributed by atoms with Crippen LogP contribution in [0.25, 0.3) is 5.69 Å². The fourth-order valence-corrected chi connectivity index (χ4v) is 3.43. The van der Waals surface area contributed by atoms with E-state index in [0.29, 0.717) is 13.0 Å². The number of rotatable bonds is 4. The molecule has 1 saturated heterocycles. The van der Waals surface area contributed by atoms with Gasteiger partial charge in [0.1, 0.15) is 18.2 Å². The predicted octanol–water partition coefficient (Wildman–Crippen LogP) is 3.93. The topological polar surface area (TPSA) is 73.7 Å². The third-order valence-electron chi connectivity index (χ3n) is 4.72. The molecule has 0 spiro atoms. The highest BCUT2D eigenvalue weighted by Gasteiger charge is 2.37. The van der Waals surface area contributed by atoms with E-state index in [1.165, 1.54) is 4.90 Å². The van der Waals surface area contributed by atoms with E-state index in [-0.39, 0.29) is 6.61 Å². The summed E-state index contributed by atoms with van der Waals surface area (Å²) in [7, 11) is 0. The minimum atomic E-state index is -0.596. The lowest BCUT2D eigenvalue weighted by molar-refractivity contribution is -0.150. The molecule has 1 atom stereocenters. The first-order valence-corrected chi connectivity index (χ1v) is 9.93. The molecule has 0 bridgehead atoms. The number of ether oxygens (including phenoxy) is 2. The van der Waals surface area contributed by atoms with E-state index in [9.17, 15) is 9.59 Å². The van der Waals surface area contributed by atoms with Gasteiger partial charge in [-0.15, -0.1) is 0 Å². The molecule has 1 fully saturated rings. The summed E-state index contributed by atoms with van der Waals surface area (Å²) in [5.41, 5.74) is 3.27. The number of carbonyl (C=O) groups excluding carboxylic acids is 2. The number of aromatic nitrogens is 2. The molecule has 0 aliphatic carbocycles. The lowest BCUT2D eigenvalue weighted by atomic mass is 10.2. The van der Waals surface area contributed by atoms with Crippen molar-refractivity contribution in [3.8, 4) is 5.69 Å². The normalized spacial score (nSPS) is 16.7. The second-order valence-corrected chi connectivity index (χ2v) is 8.44. The minimum Gasteiger partial charge on any atom is -0.459 e. The Balaban J connectivity index is 1.58. The molecule has 1 unspecified atom stereocenters. The van der Waals surface area contributed by atoms with Crippen molar-refractivity contribution < 1.29 is 19.1 Å². The Morgan fingerprint density at radius 1 is 1.17 bits per heavy atom. The van der Waals surface area contributed by atoms with Gasteiger partial charge in [-0.05, 0) is 71.2 Å². The van der Waals surface area contributed by atoms with Crippen molar-refractivity contribution >= 4 is 12.1 Å². The smallest absolute Gasteiger partial charge is 0.411 e. The third kappa shape index (κ3) is 5.16. The highest BCUT2D eigenvalue weighted by atomic mass is 16.6. The van der Waals surface area contributed by atoms with Crippen molar-refractivity contribution in [1.82, 2.24) is 14.7 Å². The lowest BCUT2D eigenvalue weighted by Gasteiger charge is -2.27. The maximum Gasteiger partial charge on any atom is 0.411 e. The van der Waals surface area contributed by atoms with Gasteiger partial charge in [-0.2, -0.15) is 5.10 Å². The van der Waals surface area contributed by atoms with Crippen LogP contribution in [0.4, 0.5) is 4.79 Å². The number of hydrogen-bond donors (Lipinski definition) is 0. The Labute approximate surface area is 171 Å². The maximum absolute atomic E-state index is 12.5. The summed E-state index contributed by atoms with van der Waals surface area (Å²) in [6.07, 6.45) is 0.886.